The third-order valence-corrected chi connectivity index (χ3v) is 5.76. The average molecular weight is 380 g/mol. The highest BCUT2D eigenvalue weighted by Gasteiger charge is 2.23. The van der Waals surface area contributed by atoms with Crippen molar-refractivity contribution in [1.82, 2.24) is 24.5 Å². The molecule has 0 radical (unpaired) electrons. The fourth-order valence-corrected chi connectivity index (χ4v) is 4.17. The Morgan fingerprint density at radius 1 is 1.12 bits per heavy atom. The van der Waals surface area contributed by atoms with Crippen molar-refractivity contribution >= 4 is 28.5 Å². The van der Waals surface area contributed by atoms with Gasteiger partial charge in [-0.25, -0.2) is 4.98 Å². The number of nitrogens with zero attached hydrogens (tertiary/aromatic N) is 6. The van der Waals surface area contributed by atoms with Crippen LogP contribution in [-0.2, 0) is 11.2 Å². The molecule has 0 atom stereocenters. The van der Waals surface area contributed by atoms with Gasteiger partial charge in [-0.15, -0.1) is 0 Å². The van der Waals surface area contributed by atoms with E-state index >= 15 is 0 Å². The average Bonchev–Trinajstić information content (AvgIpc) is 3.19. The summed E-state index contributed by atoms with van der Waals surface area (Å²) in [7, 11) is 1.78. The van der Waals surface area contributed by atoms with Gasteiger partial charge in [-0.2, -0.15) is 4.37 Å². The predicted molar refractivity (Wildman–Crippen MR) is 105 cm³/mol. The summed E-state index contributed by atoms with van der Waals surface area (Å²) in [6, 6.07) is 0. The third-order valence-electron chi connectivity index (χ3n) is 4.94. The molecule has 26 heavy (non-hydrogen) atoms. The quantitative estimate of drug-likeness (QED) is 0.616. The summed E-state index contributed by atoms with van der Waals surface area (Å²) >= 11 is 1.48. The Labute approximate surface area is 159 Å². The predicted octanol–water partition coefficient (Wildman–Crippen LogP) is 0.810. The molecule has 0 spiro atoms. The van der Waals surface area contributed by atoms with Gasteiger partial charge in [-0.3, -0.25) is 9.79 Å². The molecule has 1 aromatic heterocycles. The second kappa shape index (κ2) is 9.16. The number of aryl methyl sites for hydroxylation is 1. The highest BCUT2D eigenvalue weighted by Crippen LogP contribution is 2.19. The SMILES string of the molecule is CCc1nsc(N2CCN(C(=NC)NCC(=O)N3CCCCC3)CC2)n1. The van der Waals surface area contributed by atoms with Crippen LogP contribution >= 0.6 is 11.5 Å². The Hall–Kier alpha value is -1.90. The van der Waals surface area contributed by atoms with Crippen LogP contribution in [0.1, 0.15) is 32.0 Å². The van der Waals surface area contributed by atoms with E-state index < -0.39 is 0 Å². The van der Waals surface area contributed by atoms with Gasteiger partial charge in [-0.1, -0.05) is 6.92 Å². The summed E-state index contributed by atoms with van der Waals surface area (Å²) in [6.45, 7) is 7.67. The molecule has 3 heterocycles. The van der Waals surface area contributed by atoms with Crippen molar-refractivity contribution in [3.05, 3.63) is 5.82 Å². The normalized spacial score (nSPS) is 19.0. The Morgan fingerprint density at radius 3 is 2.46 bits per heavy atom. The number of nitrogens with one attached hydrogen (secondary N) is 1. The minimum Gasteiger partial charge on any atom is -0.347 e. The molecule has 2 aliphatic heterocycles. The van der Waals surface area contributed by atoms with Crippen molar-refractivity contribution in [3.8, 4) is 0 Å². The van der Waals surface area contributed by atoms with Crippen LogP contribution in [0.4, 0.5) is 5.13 Å². The molecule has 0 unspecified atom stereocenters. The Balaban J connectivity index is 1.46. The number of piperazine rings is 1. The zero-order valence-electron chi connectivity index (χ0n) is 15.8. The fourth-order valence-electron chi connectivity index (χ4n) is 3.37. The van der Waals surface area contributed by atoms with E-state index in [0.29, 0.717) is 6.54 Å². The molecule has 2 saturated heterocycles. The maximum absolute atomic E-state index is 12.3. The molecule has 0 bridgehead atoms. The fraction of sp³-hybridized carbons (Fsp3) is 0.765. The van der Waals surface area contributed by atoms with E-state index in [0.717, 1.165) is 75.4 Å². The molecule has 2 aliphatic rings. The molecule has 3 rings (SSSR count). The molecule has 9 heteroatoms. The molecular formula is C17H29N7OS. The minimum atomic E-state index is 0.172. The van der Waals surface area contributed by atoms with E-state index in [2.05, 4.69) is 36.4 Å². The number of carbonyl (C=O) groups is 1. The lowest BCUT2D eigenvalue weighted by atomic mass is 10.1. The van der Waals surface area contributed by atoms with Crippen LogP contribution in [0.5, 0.6) is 0 Å². The monoisotopic (exact) mass is 379 g/mol. The number of carbonyl (C=O) groups excluding carboxylic acids is 1. The van der Waals surface area contributed by atoms with E-state index in [1.165, 1.54) is 18.0 Å². The first-order valence-electron chi connectivity index (χ1n) is 9.52. The molecule has 0 aromatic carbocycles. The number of hydrogen-bond donors (Lipinski definition) is 1. The number of aliphatic imine (C=N–C) groups is 1. The van der Waals surface area contributed by atoms with Crippen LogP contribution in [0.3, 0.4) is 0 Å². The van der Waals surface area contributed by atoms with Gasteiger partial charge in [0.05, 0.1) is 6.54 Å². The topological polar surface area (TPSA) is 77.0 Å². The number of guanidine groups is 1. The van der Waals surface area contributed by atoms with Gasteiger partial charge in [0.2, 0.25) is 11.0 Å². The van der Waals surface area contributed by atoms with Crippen LogP contribution < -0.4 is 10.2 Å². The van der Waals surface area contributed by atoms with Crippen LogP contribution in [0, 0.1) is 0 Å². The van der Waals surface area contributed by atoms with E-state index in [9.17, 15) is 4.79 Å². The summed E-state index contributed by atoms with van der Waals surface area (Å²) in [5.74, 6) is 1.90. The molecule has 0 aliphatic carbocycles. The number of aromatic nitrogens is 2. The van der Waals surface area contributed by atoms with E-state index in [-0.39, 0.29) is 5.91 Å². The molecule has 0 saturated carbocycles. The maximum Gasteiger partial charge on any atom is 0.241 e. The molecule has 1 aromatic rings. The molecule has 144 valence electrons. The summed E-state index contributed by atoms with van der Waals surface area (Å²) in [5, 5.41) is 4.25. The lowest BCUT2D eigenvalue weighted by molar-refractivity contribution is -0.130. The first-order valence-corrected chi connectivity index (χ1v) is 10.3. The first-order chi connectivity index (χ1) is 12.7. The van der Waals surface area contributed by atoms with E-state index in [4.69, 9.17) is 0 Å². The smallest absolute Gasteiger partial charge is 0.241 e. The summed E-state index contributed by atoms with van der Waals surface area (Å²) in [5.41, 5.74) is 0. The Bertz CT molecular complexity index is 618. The van der Waals surface area contributed by atoms with Crippen molar-refractivity contribution in [3.63, 3.8) is 0 Å². The molecule has 2 fully saturated rings. The Kier molecular flexibility index (Phi) is 6.65. The zero-order chi connectivity index (χ0) is 18.4. The molecule has 1 amide bonds. The van der Waals surface area contributed by atoms with Gasteiger partial charge < -0.3 is 20.0 Å². The first kappa shape index (κ1) is 18.9. The highest BCUT2D eigenvalue weighted by molar-refractivity contribution is 7.09. The second-order valence-electron chi connectivity index (χ2n) is 6.66. The number of anilines is 1. The number of rotatable bonds is 4. The van der Waals surface area contributed by atoms with Crippen molar-refractivity contribution in [2.75, 3.05) is 57.8 Å². The van der Waals surface area contributed by atoms with Gasteiger partial charge in [0.1, 0.15) is 5.82 Å². The number of likely N-dealkylation sites (tertiary alicyclic amines) is 1. The van der Waals surface area contributed by atoms with E-state index in [1.807, 2.05) is 4.90 Å². The number of piperidine rings is 1. The van der Waals surface area contributed by atoms with Crippen LogP contribution in [0.2, 0.25) is 0 Å². The van der Waals surface area contributed by atoms with Gasteiger partial charge in [0, 0.05) is 64.3 Å². The lowest BCUT2D eigenvalue weighted by Crippen LogP contribution is -2.54. The third kappa shape index (κ3) is 4.63. The van der Waals surface area contributed by atoms with Gasteiger partial charge in [0.25, 0.3) is 0 Å². The van der Waals surface area contributed by atoms with Crippen molar-refractivity contribution in [2.45, 2.75) is 32.6 Å². The highest BCUT2D eigenvalue weighted by atomic mass is 32.1. The standard InChI is InChI=1S/C17H29N7OS/c1-3-14-20-17(26-21-14)24-11-9-23(10-12-24)16(18-2)19-13-15(25)22-7-5-4-6-8-22/h3-13H2,1-2H3,(H,18,19). The molecule has 8 nitrogen and oxygen atoms in total. The number of amides is 1. The van der Waals surface area contributed by atoms with Gasteiger partial charge >= 0.3 is 0 Å². The van der Waals surface area contributed by atoms with E-state index in [1.54, 1.807) is 7.05 Å². The van der Waals surface area contributed by atoms with Crippen LogP contribution in [-0.4, -0.2) is 83.9 Å². The molecule has 1 N–H and O–H groups in total. The minimum absolute atomic E-state index is 0.172. The van der Waals surface area contributed by atoms with Crippen LogP contribution in [0.15, 0.2) is 4.99 Å². The van der Waals surface area contributed by atoms with Gasteiger partial charge in [0.15, 0.2) is 5.96 Å². The summed E-state index contributed by atoms with van der Waals surface area (Å²) in [4.78, 5) is 27.7. The van der Waals surface area contributed by atoms with Crippen LogP contribution in [0.25, 0.3) is 0 Å². The summed E-state index contributed by atoms with van der Waals surface area (Å²) in [6.07, 6.45) is 4.34. The lowest BCUT2D eigenvalue weighted by Gasteiger charge is -2.36. The largest absolute Gasteiger partial charge is 0.347 e. The van der Waals surface area contributed by atoms with Crippen molar-refractivity contribution in [1.29, 1.82) is 0 Å². The molecular weight excluding hydrogens is 350 g/mol. The van der Waals surface area contributed by atoms with Crippen molar-refractivity contribution in [2.24, 2.45) is 4.99 Å². The maximum atomic E-state index is 12.3. The Morgan fingerprint density at radius 2 is 1.85 bits per heavy atom. The number of hydrogen-bond acceptors (Lipinski definition) is 6. The zero-order valence-corrected chi connectivity index (χ0v) is 16.6. The summed E-state index contributed by atoms with van der Waals surface area (Å²) < 4.78 is 4.37. The van der Waals surface area contributed by atoms with Gasteiger partial charge in [-0.05, 0) is 19.3 Å². The second-order valence-corrected chi connectivity index (χ2v) is 7.39. The van der Waals surface area contributed by atoms with Crippen molar-refractivity contribution < 1.29 is 4.79 Å².